The first-order valence-electron chi connectivity index (χ1n) is 3.50. The van der Waals surface area contributed by atoms with Crippen molar-refractivity contribution < 1.29 is 4.79 Å². The van der Waals surface area contributed by atoms with Crippen molar-refractivity contribution in [2.75, 3.05) is 0 Å². The molecule has 1 aromatic rings. The largest absolute Gasteiger partial charge is 0.235 e. The fourth-order valence-corrected chi connectivity index (χ4v) is 1.17. The van der Waals surface area contributed by atoms with Crippen LogP contribution in [0.1, 0.15) is 11.1 Å². The zero-order valence-electron chi connectivity index (χ0n) is 6.62. The molecule has 3 nitrogen and oxygen atoms in total. The molecule has 0 radical (unpaired) electrons. The number of carbonyl (C=O) groups excluding carboxylic acids is 1. The van der Waals surface area contributed by atoms with Crippen molar-refractivity contribution in [2.24, 2.45) is 4.99 Å². The maximum absolute atomic E-state index is 9.87. The quantitative estimate of drug-likeness (QED) is 0.532. The number of nitrogens with zero attached hydrogens (tertiary/aromatic N) is 2. The first kappa shape index (κ1) is 9.47. The third-order valence-corrected chi connectivity index (χ3v) is 1.90. The van der Waals surface area contributed by atoms with Gasteiger partial charge in [0.15, 0.2) is 0 Å². The molecule has 0 aliphatic carbocycles. The van der Waals surface area contributed by atoms with Gasteiger partial charge in [0.2, 0.25) is 6.08 Å². The van der Waals surface area contributed by atoms with Gasteiger partial charge in [0.1, 0.15) is 0 Å². The van der Waals surface area contributed by atoms with Gasteiger partial charge in [-0.2, -0.15) is 5.26 Å². The van der Waals surface area contributed by atoms with E-state index >= 15 is 0 Å². The van der Waals surface area contributed by atoms with Gasteiger partial charge in [-0.25, -0.2) is 9.79 Å². The molecule has 1 rings (SSSR count). The Hall–Kier alpha value is -1.62. The molecule has 64 valence electrons. The molecule has 13 heavy (non-hydrogen) atoms. The lowest BCUT2D eigenvalue weighted by Crippen LogP contribution is -1.89. The Bertz CT molecular complexity index is 403. The van der Waals surface area contributed by atoms with Crippen LogP contribution in [-0.4, -0.2) is 6.08 Å². The van der Waals surface area contributed by atoms with Crippen LogP contribution in [0, 0.1) is 11.3 Å². The number of benzene rings is 1. The van der Waals surface area contributed by atoms with Crippen LogP contribution in [0.2, 0.25) is 5.02 Å². The van der Waals surface area contributed by atoms with Crippen molar-refractivity contribution in [3.63, 3.8) is 0 Å². The van der Waals surface area contributed by atoms with Crippen molar-refractivity contribution in [1.82, 2.24) is 0 Å². The second kappa shape index (κ2) is 4.42. The standard InChI is InChI=1S/C9H5ClN2O/c10-9-3-1-2-7(4-11)8(9)5-12-6-13/h1-3H,5H2. The van der Waals surface area contributed by atoms with Gasteiger partial charge in [-0.3, -0.25) is 0 Å². The maximum atomic E-state index is 9.87. The fraction of sp³-hybridized carbons (Fsp3) is 0.111. The average molecular weight is 193 g/mol. The van der Waals surface area contributed by atoms with Crippen molar-refractivity contribution in [1.29, 1.82) is 5.26 Å². The number of rotatable bonds is 2. The minimum absolute atomic E-state index is 0.103. The number of halogens is 1. The molecular formula is C9H5ClN2O. The Morgan fingerprint density at radius 1 is 1.54 bits per heavy atom. The number of aliphatic imine (C=N–C) groups is 1. The monoisotopic (exact) mass is 192 g/mol. The predicted molar refractivity (Wildman–Crippen MR) is 48.0 cm³/mol. The number of hydrogen-bond acceptors (Lipinski definition) is 3. The molecule has 0 aromatic heterocycles. The molecule has 0 spiro atoms. The Balaban J connectivity index is 3.16. The molecular weight excluding hydrogens is 188 g/mol. The highest BCUT2D eigenvalue weighted by atomic mass is 35.5. The highest BCUT2D eigenvalue weighted by molar-refractivity contribution is 6.31. The van der Waals surface area contributed by atoms with E-state index < -0.39 is 0 Å². The lowest BCUT2D eigenvalue weighted by atomic mass is 10.1. The topological polar surface area (TPSA) is 53.2 Å². The summed E-state index contributed by atoms with van der Waals surface area (Å²) in [6, 6.07) is 6.92. The van der Waals surface area contributed by atoms with Crippen molar-refractivity contribution >= 4 is 17.7 Å². The van der Waals surface area contributed by atoms with Gasteiger partial charge < -0.3 is 0 Å². The van der Waals surface area contributed by atoms with E-state index in [4.69, 9.17) is 16.9 Å². The minimum atomic E-state index is 0.103. The van der Waals surface area contributed by atoms with E-state index in [2.05, 4.69) is 4.99 Å². The molecule has 0 atom stereocenters. The van der Waals surface area contributed by atoms with Gasteiger partial charge in [0, 0.05) is 10.6 Å². The molecule has 0 amide bonds. The molecule has 0 unspecified atom stereocenters. The van der Waals surface area contributed by atoms with Crippen LogP contribution in [0.4, 0.5) is 0 Å². The SMILES string of the molecule is N#Cc1cccc(Cl)c1CN=C=O. The molecule has 0 saturated heterocycles. The highest BCUT2D eigenvalue weighted by Crippen LogP contribution is 2.19. The van der Waals surface area contributed by atoms with Crippen LogP contribution in [0.5, 0.6) is 0 Å². The zero-order chi connectivity index (χ0) is 9.68. The summed E-state index contributed by atoms with van der Waals surface area (Å²) in [6.45, 7) is 0.103. The average Bonchev–Trinajstić information content (AvgIpc) is 2.15. The molecule has 4 heteroatoms. The molecule has 0 bridgehead atoms. The van der Waals surface area contributed by atoms with E-state index in [1.54, 1.807) is 18.2 Å². The van der Waals surface area contributed by atoms with Crippen molar-refractivity contribution in [3.05, 3.63) is 34.3 Å². The van der Waals surface area contributed by atoms with E-state index in [0.717, 1.165) is 0 Å². The van der Waals surface area contributed by atoms with Crippen molar-refractivity contribution in [2.45, 2.75) is 6.54 Å². The summed E-state index contributed by atoms with van der Waals surface area (Å²) < 4.78 is 0. The number of nitriles is 1. The summed E-state index contributed by atoms with van der Waals surface area (Å²) in [6.07, 6.45) is 1.40. The molecule has 0 aliphatic rings. The Labute approximate surface area is 80.3 Å². The third kappa shape index (κ3) is 2.16. The second-order valence-electron chi connectivity index (χ2n) is 2.29. The molecule has 0 fully saturated rings. The van der Waals surface area contributed by atoms with Crippen LogP contribution >= 0.6 is 11.6 Å². The molecule has 0 saturated carbocycles. The number of hydrogen-bond donors (Lipinski definition) is 0. The van der Waals surface area contributed by atoms with Gasteiger partial charge in [0.25, 0.3) is 0 Å². The van der Waals surface area contributed by atoms with Crippen LogP contribution < -0.4 is 0 Å². The zero-order valence-corrected chi connectivity index (χ0v) is 7.38. The third-order valence-electron chi connectivity index (χ3n) is 1.54. The smallest absolute Gasteiger partial charge is 0.211 e. The van der Waals surface area contributed by atoms with E-state index in [1.165, 1.54) is 6.08 Å². The van der Waals surface area contributed by atoms with E-state index in [9.17, 15) is 4.79 Å². The summed E-state index contributed by atoms with van der Waals surface area (Å²) in [7, 11) is 0. The molecule has 0 aliphatic heterocycles. The normalized spacial score (nSPS) is 8.62. The highest BCUT2D eigenvalue weighted by Gasteiger charge is 2.04. The lowest BCUT2D eigenvalue weighted by Gasteiger charge is -2.00. The van der Waals surface area contributed by atoms with E-state index in [-0.39, 0.29) is 6.54 Å². The molecule has 0 N–H and O–H groups in total. The number of isocyanates is 1. The fourth-order valence-electron chi connectivity index (χ4n) is 0.935. The van der Waals surface area contributed by atoms with Crippen LogP contribution in [0.3, 0.4) is 0 Å². The van der Waals surface area contributed by atoms with Gasteiger partial charge in [-0.1, -0.05) is 17.7 Å². The first-order valence-corrected chi connectivity index (χ1v) is 3.88. The maximum Gasteiger partial charge on any atom is 0.235 e. The molecule has 1 aromatic carbocycles. The van der Waals surface area contributed by atoms with Crippen LogP contribution in [0.25, 0.3) is 0 Å². The van der Waals surface area contributed by atoms with Gasteiger partial charge in [-0.15, -0.1) is 0 Å². The lowest BCUT2D eigenvalue weighted by molar-refractivity contribution is 0.563. The summed E-state index contributed by atoms with van der Waals surface area (Å²) in [5.74, 6) is 0. The Kier molecular flexibility index (Phi) is 3.22. The Morgan fingerprint density at radius 3 is 2.92 bits per heavy atom. The van der Waals surface area contributed by atoms with Gasteiger partial charge >= 0.3 is 0 Å². The van der Waals surface area contributed by atoms with Gasteiger partial charge in [0.05, 0.1) is 18.2 Å². The summed E-state index contributed by atoms with van der Waals surface area (Å²) in [4.78, 5) is 13.2. The summed E-state index contributed by atoms with van der Waals surface area (Å²) in [5.41, 5.74) is 1.00. The van der Waals surface area contributed by atoms with E-state index in [1.807, 2.05) is 6.07 Å². The molecule has 0 heterocycles. The Morgan fingerprint density at radius 2 is 2.31 bits per heavy atom. The van der Waals surface area contributed by atoms with Gasteiger partial charge in [-0.05, 0) is 12.1 Å². The summed E-state index contributed by atoms with van der Waals surface area (Å²) >= 11 is 5.80. The first-order chi connectivity index (χ1) is 6.29. The minimum Gasteiger partial charge on any atom is -0.211 e. The van der Waals surface area contributed by atoms with E-state index in [0.29, 0.717) is 16.1 Å². The van der Waals surface area contributed by atoms with Crippen molar-refractivity contribution in [3.8, 4) is 6.07 Å². The second-order valence-corrected chi connectivity index (χ2v) is 2.69. The predicted octanol–water partition coefficient (Wildman–Crippen LogP) is 2.05. The summed E-state index contributed by atoms with van der Waals surface area (Å²) in [5, 5.41) is 9.14. The van der Waals surface area contributed by atoms with Crippen LogP contribution in [0.15, 0.2) is 23.2 Å². The van der Waals surface area contributed by atoms with Crippen LogP contribution in [-0.2, 0) is 11.3 Å².